The third-order valence-electron chi connectivity index (χ3n) is 3.14. The Morgan fingerprint density at radius 2 is 1.67 bits per heavy atom. The van der Waals surface area contributed by atoms with Crippen molar-refractivity contribution in [2.75, 3.05) is 14.2 Å². The van der Waals surface area contributed by atoms with Crippen LogP contribution in [0.3, 0.4) is 0 Å². The Bertz CT molecular complexity index is 664. The number of methoxy groups -OCH3 is 2. The maximum absolute atomic E-state index is 13.3. The molecule has 2 rings (SSSR count). The lowest BCUT2D eigenvalue weighted by molar-refractivity contribution is 0.395. The number of hydrogen-bond acceptors (Lipinski definition) is 3. The lowest BCUT2D eigenvalue weighted by Crippen LogP contribution is -2.13. The summed E-state index contributed by atoms with van der Waals surface area (Å²) in [4.78, 5) is 0. The van der Waals surface area contributed by atoms with Crippen molar-refractivity contribution >= 4 is 31.9 Å². The molecule has 0 aliphatic heterocycles. The third kappa shape index (κ3) is 3.39. The second-order valence-corrected chi connectivity index (χ2v) is 6.09. The Morgan fingerprint density at radius 1 is 1.00 bits per heavy atom. The van der Waals surface area contributed by atoms with Gasteiger partial charge in [0.1, 0.15) is 17.3 Å². The Labute approximate surface area is 139 Å². The molecule has 2 aromatic carbocycles. The summed E-state index contributed by atoms with van der Waals surface area (Å²) in [6, 6.07) is 7.84. The van der Waals surface area contributed by atoms with E-state index in [1.807, 2.05) is 6.07 Å². The van der Waals surface area contributed by atoms with Gasteiger partial charge in [-0.3, -0.25) is 0 Å². The van der Waals surface area contributed by atoms with Gasteiger partial charge in [0.05, 0.1) is 29.2 Å². The van der Waals surface area contributed by atoms with Crippen molar-refractivity contribution in [1.29, 1.82) is 0 Å². The normalized spacial score (nSPS) is 12.1. The van der Waals surface area contributed by atoms with Crippen LogP contribution in [0.5, 0.6) is 11.5 Å². The highest BCUT2D eigenvalue weighted by Crippen LogP contribution is 2.37. The minimum Gasteiger partial charge on any atom is -0.496 e. The molecule has 6 heteroatoms. The molecular weight excluding hydrogens is 405 g/mol. The molecule has 2 N–H and O–H groups in total. The average Bonchev–Trinajstić information content (AvgIpc) is 2.49. The molecule has 2 aromatic rings. The fourth-order valence-electron chi connectivity index (χ4n) is 2.01. The molecule has 0 bridgehead atoms. The van der Waals surface area contributed by atoms with Gasteiger partial charge in [0.15, 0.2) is 0 Å². The molecule has 0 heterocycles. The van der Waals surface area contributed by atoms with Gasteiger partial charge >= 0.3 is 0 Å². The van der Waals surface area contributed by atoms with E-state index < -0.39 is 6.04 Å². The van der Waals surface area contributed by atoms with Gasteiger partial charge in [0.2, 0.25) is 0 Å². The Balaban J connectivity index is 2.50. The first-order valence-corrected chi connectivity index (χ1v) is 7.68. The fourth-order valence-corrected chi connectivity index (χ4v) is 2.89. The predicted octanol–water partition coefficient (Wildman–Crippen LogP) is 4.42. The highest BCUT2D eigenvalue weighted by molar-refractivity contribution is 9.10. The zero-order valence-electron chi connectivity index (χ0n) is 11.5. The zero-order valence-corrected chi connectivity index (χ0v) is 14.7. The van der Waals surface area contributed by atoms with Crippen LogP contribution in [0.15, 0.2) is 39.3 Å². The van der Waals surface area contributed by atoms with Crippen molar-refractivity contribution in [1.82, 2.24) is 0 Å². The molecular formula is C15H14Br2FNO2. The lowest BCUT2D eigenvalue weighted by atomic mass is 9.98. The first kappa shape index (κ1) is 16.3. The quantitative estimate of drug-likeness (QED) is 0.799. The minimum absolute atomic E-state index is 0.327. The summed E-state index contributed by atoms with van der Waals surface area (Å²) < 4.78 is 25.2. The van der Waals surface area contributed by atoms with E-state index in [0.717, 1.165) is 15.6 Å². The van der Waals surface area contributed by atoms with Gasteiger partial charge in [-0.1, -0.05) is 6.07 Å². The van der Waals surface area contributed by atoms with Crippen molar-refractivity contribution in [2.24, 2.45) is 5.73 Å². The summed E-state index contributed by atoms with van der Waals surface area (Å²) in [5.41, 5.74) is 7.82. The van der Waals surface area contributed by atoms with Gasteiger partial charge in [-0.2, -0.15) is 0 Å². The Kier molecular flexibility index (Phi) is 5.24. The molecule has 1 atom stereocenters. The van der Waals surface area contributed by atoms with Gasteiger partial charge in [-0.25, -0.2) is 4.39 Å². The van der Waals surface area contributed by atoms with Crippen LogP contribution in [-0.2, 0) is 0 Å². The van der Waals surface area contributed by atoms with Gasteiger partial charge in [-0.15, -0.1) is 0 Å². The lowest BCUT2D eigenvalue weighted by Gasteiger charge is -2.18. The molecule has 0 saturated heterocycles. The molecule has 21 heavy (non-hydrogen) atoms. The number of benzene rings is 2. The highest BCUT2D eigenvalue weighted by Gasteiger charge is 2.18. The van der Waals surface area contributed by atoms with Gasteiger partial charge in [0.25, 0.3) is 0 Å². The van der Waals surface area contributed by atoms with Crippen molar-refractivity contribution in [3.63, 3.8) is 0 Å². The molecule has 0 radical (unpaired) electrons. The van der Waals surface area contributed by atoms with E-state index in [9.17, 15) is 4.39 Å². The third-order valence-corrected chi connectivity index (χ3v) is 4.37. The summed E-state index contributed by atoms with van der Waals surface area (Å²) in [5.74, 6) is 0.962. The molecule has 0 saturated carbocycles. The summed E-state index contributed by atoms with van der Waals surface area (Å²) >= 11 is 6.57. The molecule has 1 unspecified atom stereocenters. The van der Waals surface area contributed by atoms with E-state index in [0.29, 0.717) is 16.0 Å². The largest absolute Gasteiger partial charge is 0.496 e. The van der Waals surface area contributed by atoms with E-state index in [2.05, 4.69) is 31.9 Å². The van der Waals surface area contributed by atoms with E-state index in [-0.39, 0.29) is 5.82 Å². The first-order valence-electron chi connectivity index (χ1n) is 6.10. The smallest absolute Gasteiger partial charge is 0.137 e. The second kappa shape index (κ2) is 6.77. The molecule has 0 aliphatic rings. The maximum atomic E-state index is 13.3. The van der Waals surface area contributed by atoms with Crippen LogP contribution in [-0.4, -0.2) is 14.2 Å². The number of halogens is 3. The zero-order chi connectivity index (χ0) is 15.6. The van der Waals surface area contributed by atoms with E-state index >= 15 is 0 Å². The van der Waals surface area contributed by atoms with Crippen LogP contribution in [0.25, 0.3) is 0 Å². The van der Waals surface area contributed by atoms with Crippen molar-refractivity contribution in [3.8, 4) is 11.5 Å². The van der Waals surface area contributed by atoms with Crippen LogP contribution < -0.4 is 15.2 Å². The van der Waals surface area contributed by atoms with Crippen molar-refractivity contribution in [2.45, 2.75) is 6.04 Å². The molecule has 3 nitrogen and oxygen atoms in total. The fraction of sp³-hybridized carbons (Fsp3) is 0.200. The average molecular weight is 419 g/mol. The standard InChI is InChI=1S/C15H14Br2FNO2/c1-20-13-7-11(17)14(21-2)6-9(13)15(19)8-3-4-12(18)10(16)5-8/h3-7,15H,19H2,1-2H3. The van der Waals surface area contributed by atoms with Gasteiger partial charge in [0, 0.05) is 5.56 Å². The first-order chi connectivity index (χ1) is 9.97. The predicted molar refractivity (Wildman–Crippen MR) is 87.4 cm³/mol. The summed E-state index contributed by atoms with van der Waals surface area (Å²) in [6.07, 6.45) is 0. The van der Waals surface area contributed by atoms with Crippen molar-refractivity contribution < 1.29 is 13.9 Å². The van der Waals surface area contributed by atoms with E-state index in [1.165, 1.54) is 6.07 Å². The van der Waals surface area contributed by atoms with Crippen LogP contribution in [0, 0.1) is 5.82 Å². The van der Waals surface area contributed by atoms with Crippen molar-refractivity contribution in [3.05, 3.63) is 56.2 Å². The minimum atomic E-state index is -0.459. The number of ether oxygens (including phenoxy) is 2. The SMILES string of the molecule is COc1cc(C(N)c2ccc(F)c(Br)c2)c(OC)cc1Br. The topological polar surface area (TPSA) is 44.5 Å². The molecule has 0 aliphatic carbocycles. The van der Waals surface area contributed by atoms with Crippen LogP contribution in [0.4, 0.5) is 4.39 Å². The molecule has 112 valence electrons. The number of rotatable bonds is 4. The summed E-state index contributed by atoms with van der Waals surface area (Å²) in [6.45, 7) is 0. The molecule has 0 spiro atoms. The highest BCUT2D eigenvalue weighted by atomic mass is 79.9. The van der Waals surface area contributed by atoms with Crippen LogP contribution in [0.1, 0.15) is 17.2 Å². The maximum Gasteiger partial charge on any atom is 0.137 e. The molecule has 0 amide bonds. The molecule has 0 aromatic heterocycles. The van der Waals surface area contributed by atoms with Gasteiger partial charge < -0.3 is 15.2 Å². The van der Waals surface area contributed by atoms with E-state index in [4.69, 9.17) is 15.2 Å². The number of nitrogens with two attached hydrogens (primary N) is 1. The van der Waals surface area contributed by atoms with Crippen LogP contribution in [0.2, 0.25) is 0 Å². The molecule has 0 fully saturated rings. The summed E-state index contributed by atoms with van der Waals surface area (Å²) in [5, 5.41) is 0. The number of hydrogen-bond donors (Lipinski definition) is 1. The van der Waals surface area contributed by atoms with Gasteiger partial charge in [-0.05, 0) is 61.7 Å². The summed E-state index contributed by atoms with van der Waals surface area (Å²) in [7, 11) is 3.15. The van der Waals surface area contributed by atoms with Crippen LogP contribution >= 0.6 is 31.9 Å². The Hall–Kier alpha value is -1.11. The monoisotopic (exact) mass is 417 g/mol. The van der Waals surface area contributed by atoms with E-state index in [1.54, 1.807) is 32.4 Å². The Morgan fingerprint density at radius 3 is 2.24 bits per heavy atom. The second-order valence-electron chi connectivity index (χ2n) is 4.38.